The number of thioether (sulfide) groups is 1. The van der Waals surface area contributed by atoms with E-state index in [-0.39, 0.29) is 30.7 Å². The summed E-state index contributed by atoms with van der Waals surface area (Å²) in [6.45, 7) is -0.0408. The smallest absolute Gasteiger partial charge is 0.258 e. The number of nitrogens with zero attached hydrogens (tertiary/aromatic N) is 4. The number of hydrogen-bond acceptors (Lipinski definition) is 9. The van der Waals surface area contributed by atoms with Crippen molar-refractivity contribution in [3.8, 4) is 17.2 Å². The Kier molecular flexibility index (Phi) is 8.34. The van der Waals surface area contributed by atoms with Gasteiger partial charge in [-0.1, -0.05) is 65.6 Å². The van der Waals surface area contributed by atoms with Crippen molar-refractivity contribution in [3.63, 3.8) is 0 Å². The fraction of sp³-hybridized carbons (Fsp3) is 0.148. The molecule has 0 saturated heterocycles. The lowest BCUT2D eigenvalue weighted by atomic mass is 10.3. The average molecular weight is 561 g/mol. The molecule has 5 aromatic rings. The zero-order chi connectivity index (χ0) is 27.0. The van der Waals surface area contributed by atoms with Crippen LogP contribution in [-0.4, -0.2) is 51.0 Å². The van der Waals surface area contributed by atoms with Crippen molar-refractivity contribution < 1.29 is 19.1 Å². The van der Waals surface area contributed by atoms with Gasteiger partial charge in [0, 0.05) is 0 Å². The lowest BCUT2D eigenvalue weighted by Crippen LogP contribution is -2.29. The molecule has 0 saturated carbocycles. The summed E-state index contributed by atoms with van der Waals surface area (Å²) in [5.74, 6) is 1.23. The number of thiazole rings is 1. The summed E-state index contributed by atoms with van der Waals surface area (Å²) in [6.07, 6.45) is 0. The highest BCUT2D eigenvalue weighted by Gasteiger charge is 2.19. The van der Waals surface area contributed by atoms with E-state index in [4.69, 9.17) is 9.47 Å². The Bertz CT molecular complexity index is 1550. The zero-order valence-corrected chi connectivity index (χ0v) is 22.5. The monoisotopic (exact) mass is 560 g/mol. The standard InChI is InChI=1S/C27H24N6O4S2/c1-36-21-13-7-6-12-20(21)33-23(15-28-24(34)16-37-18-9-3-2-4-10-18)31-32-27(33)38-17-25(35)30-26-29-19-11-5-8-14-22(19)39-26/h2-14H,15-17H2,1H3,(H,28,34)(H,29,30,35). The van der Waals surface area contributed by atoms with Gasteiger partial charge in [-0.2, -0.15) is 0 Å². The number of methoxy groups -OCH3 is 1. The molecule has 39 heavy (non-hydrogen) atoms. The van der Waals surface area contributed by atoms with E-state index in [0.29, 0.717) is 33.3 Å². The maximum absolute atomic E-state index is 12.7. The quantitative estimate of drug-likeness (QED) is 0.229. The summed E-state index contributed by atoms with van der Waals surface area (Å²) in [5.41, 5.74) is 1.52. The minimum Gasteiger partial charge on any atom is -0.495 e. The van der Waals surface area contributed by atoms with Crippen LogP contribution in [0.3, 0.4) is 0 Å². The molecule has 3 aromatic carbocycles. The molecule has 0 aliphatic carbocycles. The van der Waals surface area contributed by atoms with Crippen LogP contribution in [0.2, 0.25) is 0 Å². The molecule has 0 aliphatic heterocycles. The number of hydrogen-bond donors (Lipinski definition) is 2. The van der Waals surface area contributed by atoms with Crippen molar-refractivity contribution in [1.82, 2.24) is 25.1 Å². The van der Waals surface area contributed by atoms with E-state index in [9.17, 15) is 9.59 Å². The van der Waals surface area contributed by atoms with Crippen LogP contribution in [0.1, 0.15) is 5.82 Å². The maximum atomic E-state index is 12.7. The highest BCUT2D eigenvalue weighted by Crippen LogP contribution is 2.29. The number of fused-ring (bicyclic) bond motifs is 1. The minimum absolute atomic E-state index is 0.0838. The van der Waals surface area contributed by atoms with Crippen LogP contribution in [0.4, 0.5) is 5.13 Å². The molecular weight excluding hydrogens is 536 g/mol. The van der Waals surface area contributed by atoms with Crippen LogP contribution < -0.4 is 20.1 Å². The molecule has 0 radical (unpaired) electrons. The Morgan fingerprint density at radius 3 is 2.54 bits per heavy atom. The fourth-order valence-corrected chi connectivity index (χ4v) is 5.32. The van der Waals surface area contributed by atoms with Gasteiger partial charge in [0.05, 0.1) is 35.3 Å². The number of amides is 2. The molecule has 0 unspecified atom stereocenters. The number of benzene rings is 3. The lowest BCUT2D eigenvalue weighted by Gasteiger charge is -2.14. The first-order valence-corrected chi connectivity index (χ1v) is 13.7. The molecular formula is C27H24N6O4S2. The van der Waals surface area contributed by atoms with Crippen molar-refractivity contribution >= 4 is 50.3 Å². The second-order valence-electron chi connectivity index (χ2n) is 8.11. The highest BCUT2D eigenvalue weighted by molar-refractivity contribution is 7.99. The number of para-hydroxylation sites is 4. The Labute approximate surface area is 232 Å². The van der Waals surface area contributed by atoms with Crippen molar-refractivity contribution in [2.75, 3.05) is 24.8 Å². The number of nitrogens with one attached hydrogen (secondary N) is 2. The van der Waals surface area contributed by atoms with Gasteiger partial charge in [0.2, 0.25) is 5.91 Å². The summed E-state index contributed by atoms with van der Waals surface area (Å²) in [4.78, 5) is 29.6. The van der Waals surface area contributed by atoms with Crippen molar-refractivity contribution in [2.24, 2.45) is 0 Å². The summed E-state index contributed by atoms with van der Waals surface area (Å²) in [7, 11) is 1.57. The van der Waals surface area contributed by atoms with Crippen molar-refractivity contribution in [2.45, 2.75) is 11.7 Å². The molecule has 12 heteroatoms. The average Bonchev–Trinajstić information content (AvgIpc) is 3.57. The van der Waals surface area contributed by atoms with E-state index in [1.165, 1.54) is 23.1 Å². The van der Waals surface area contributed by atoms with E-state index in [2.05, 4.69) is 25.8 Å². The molecule has 0 fully saturated rings. The van der Waals surface area contributed by atoms with Gasteiger partial charge >= 0.3 is 0 Å². The fourth-order valence-electron chi connectivity index (χ4n) is 3.67. The van der Waals surface area contributed by atoms with E-state index in [0.717, 1.165) is 10.2 Å². The second kappa shape index (κ2) is 12.4. The molecule has 198 valence electrons. The lowest BCUT2D eigenvalue weighted by molar-refractivity contribution is -0.123. The van der Waals surface area contributed by atoms with Crippen LogP contribution in [0, 0.1) is 0 Å². The number of rotatable bonds is 11. The summed E-state index contributed by atoms with van der Waals surface area (Å²) in [5, 5.41) is 15.3. The topological polar surface area (TPSA) is 120 Å². The summed E-state index contributed by atoms with van der Waals surface area (Å²) in [6, 6.07) is 24.2. The molecule has 0 aliphatic rings. The predicted molar refractivity (Wildman–Crippen MR) is 151 cm³/mol. The van der Waals surface area contributed by atoms with Crippen molar-refractivity contribution in [1.29, 1.82) is 0 Å². The van der Waals surface area contributed by atoms with E-state index in [1.54, 1.807) is 23.8 Å². The Balaban J connectivity index is 1.28. The van der Waals surface area contributed by atoms with Crippen LogP contribution in [0.5, 0.6) is 11.5 Å². The molecule has 0 bridgehead atoms. The predicted octanol–water partition coefficient (Wildman–Crippen LogP) is 4.31. The van der Waals surface area contributed by atoms with Gasteiger partial charge in [0.15, 0.2) is 22.7 Å². The van der Waals surface area contributed by atoms with Crippen LogP contribution in [0.25, 0.3) is 15.9 Å². The molecule has 10 nitrogen and oxygen atoms in total. The molecule has 2 N–H and O–H groups in total. The van der Waals surface area contributed by atoms with Gasteiger partial charge < -0.3 is 20.1 Å². The number of carbonyl (C=O) groups is 2. The summed E-state index contributed by atoms with van der Waals surface area (Å²) >= 11 is 2.63. The number of carbonyl (C=O) groups excluding carboxylic acids is 2. The molecule has 2 heterocycles. The SMILES string of the molecule is COc1ccccc1-n1c(CNC(=O)COc2ccccc2)nnc1SCC(=O)Nc1nc2ccccc2s1. The third kappa shape index (κ3) is 6.54. The van der Waals surface area contributed by atoms with E-state index >= 15 is 0 Å². The summed E-state index contributed by atoms with van der Waals surface area (Å²) < 4.78 is 13.8. The Hall–Kier alpha value is -4.42. The Morgan fingerprint density at radius 2 is 1.72 bits per heavy atom. The molecule has 0 atom stereocenters. The first-order chi connectivity index (χ1) is 19.1. The van der Waals surface area contributed by atoms with Gasteiger partial charge in [0.25, 0.3) is 5.91 Å². The first kappa shape index (κ1) is 26.2. The van der Waals surface area contributed by atoms with Crippen LogP contribution in [-0.2, 0) is 16.1 Å². The molecule has 2 aromatic heterocycles. The van der Waals surface area contributed by atoms with E-state index in [1.807, 2.05) is 66.7 Å². The van der Waals surface area contributed by atoms with Gasteiger partial charge in [-0.25, -0.2) is 4.98 Å². The Morgan fingerprint density at radius 1 is 0.949 bits per heavy atom. The number of anilines is 1. The van der Waals surface area contributed by atoms with E-state index < -0.39 is 0 Å². The van der Waals surface area contributed by atoms with Gasteiger partial charge in [-0.05, 0) is 36.4 Å². The van der Waals surface area contributed by atoms with Crippen LogP contribution >= 0.6 is 23.1 Å². The zero-order valence-electron chi connectivity index (χ0n) is 20.9. The normalized spacial score (nSPS) is 10.8. The first-order valence-electron chi connectivity index (χ1n) is 11.9. The molecule has 5 rings (SSSR count). The highest BCUT2D eigenvalue weighted by atomic mass is 32.2. The largest absolute Gasteiger partial charge is 0.495 e. The third-order valence-electron chi connectivity index (χ3n) is 5.46. The van der Waals surface area contributed by atoms with Crippen molar-refractivity contribution in [3.05, 3.63) is 84.7 Å². The van der Waals surface area contributed by atoms with Crippen LogP contribution in [0.15, 0.2) is 84.0 Å². The van der Waals surface area contributed by atoms with Gasteiger partial charge in [0.1, 0.15) is 11.5 Å². The van der Waals surface area contributed by atoms with Gasteiger partial charge in [-0.3, -0.25) is 14.2 Å². The maximum Gasteiger partial charge on any atom is 0.258 e. The molecule has 0 spiro atoms. The minimum atomic E-state index is -0.308. The van der Waals surface area contributed by atoms with Gasteiger partial charge in [-0.15, -0.1) is 10.2 Å². The number of ether oxygens (including phenoxy) is 2. The molecule has 2 amide bonds. The second-order valence-corrected chi connectivity index (χ2v) is 10.1. The number of aromatic nitrogens is 4. The third-order valence-corrected chi connectivity index (χ3v) is 7.34.